The van der Waals surface area contributed by atoms with Crippen molar-refractivity contribution in [3.63, 3.8) is 0 Å². The van der Waals surface area contributed by atoms with Crippen molar-refractivity contribution in [1.82, 2.24) is 39.9 Å². The van der Waals surface area contributed by atoms with Crippen LogP contribution in [0, 0.1) is 0 Å². The van der Waals surface area contributed by atoms with Crippen molar-refractivity contribution in [2.75, 3.05) is 39.8 Å². The zero-order valence-electron chi connectivity index (χ0n) is 20.0. The number of nitrogens with zero attached hydrogens (tertiary/aromatic N) is 8. The van der Waals surface area contributed by atoms with Crippen molar-refractivity contribution < 1.29 is 14.3 Å². The number of amides is 1. The van der Waals surface area contributed by atoms with Crippen molar-refractivity contribution in [2.45, 2.75) is 45.2 Å². The molecule has 2 aromatic heterocycles. The summed E-state index contributed by atoms with van der Waals surface area (Å²) >= 11 is 0. The van der Waals surface area contributed by atoms with Gasteiger partial charge in [-0.2, -0.15) is 4.68 Å². The summed E-state index contributed by atoms with van der Waals surface area (Å²) in [4.78, 5) is 34.3. The van der Waals surface area contributed by atoms with Gasteiger partial charge in [0.2, 0.25) is 6.41 Å². The van der Waals surface area contributed by atoms with Crippen molar-refractivity contribution in [1.29, 1.82) is 0 Å². The first kappa shape index (κ1) is 24.0. The number of pyridine rings is 1. The second kappa shape index (κ2) is 10.8. The van der Waals surface area contributed by atoms with Crippen LogP contribution in [0.25, 0.3) is 5.82 Å². The maximum absolute atomic E-state index is 11.7. The predicted molar refractivity (Wildman–Crippen MR) is 124 cm³/mol. The van der Waals surface area contributed by atoms with Gasteiger partial charge >= 0.3 is 5.97 Å². The number of tetrazole rings is 1. The number of piperidine rings is 1. The third-order valence-electron chi connectivity index (χ3n) is 6.82. The van der Waals surface area contributed by atoms with E-state index in [0.29, 0.717) is 23.1 Å². The van der Waals surface area contributed by atoms with E-state index in [1.54, 1.807) is 16.5 Å². The summed E-state index contributed by atoms with van der Waals surface area (Å²) in [6, 6.07) is 4.44. The van der Waals surface area contributed by atoms with Crippen LogP contribution in [-0.2, 0) is 20.7 Å². The zero-order valence-corrected chi connectivity index (χ0v) is 20.0. The number of ether oxygens (including phenoxy) is 1. The average molecular weight is 469 g/mol. The van der Waals surface area contributed by atoms with Crippen LogP contribution in [-0.4, -0.2) is 104 Å². The summed E-state index contributed by atoms with van der Waals surface area (Å²) in [5.41, 5.74) is 2.39. The lowest BCUT2D eigenvalue weighted by Crippen LogP contribution is -2.48. The van der Waals surface area contributed by atoms with E-state index in [1.807, 2.05) is 19.2 Å². The van der Waals surface area contributed by atoms with E-state index >= 15 is 0 Å². The van der Waals surface area contributed by atoms with Crippen LogP contribution in [0.15, 0.2) is 35.9 Å². The first-order chi connectivity index (χ1) is 16.5. The second-order valence-corrected chi connectivity index (χ2v) is 9.05. The highest BCUT2D eigenvalue weighted by Crippen LogP contribution is 2.22. The molecule has 0 bridgehead atoms. The number of hydrogen-bond acceptors (Lipinski definition) is 9. The molecule has 0 aliphatic carbocycles. The summed E-state index contributed by atoms with van der Waals surface area (Å²) in [6.45, 7) is 7.74. The van der Waals surface area contributed by atoms with E-state index in [2.05, 4.69) is 43.4 Å². The smallest absolute Gasteiger partial charge is 0.336 e. The van der Waals surface area contributed by atoms with Crippen LogP contribution in [0.4, 0.5) is 0 Å². The molecule has 1 saturated heterocycles. The molecule has 0 radical (unpaired) electrons. The van der Waals surface area contributed by atoms with Crippen molar-refractivity contribution >= 4 is 12.4 Å². The normalized spacial score (nSPS) is 18.4. The molecule has 2 aliphatic rings. The summed E-state index contributed by atoms with van der Waals surface area (Å²) in [7, 11) is 2.12. The highest BCUT2D eigenvalue weighted by molar-refractivity contribution is 5.91. The Morgan fingerprint density at radius 1 is 1.29 bits per heavy atom. The van der Waals surface area contributed by atoms with E-state index < -0.39 is 0 Å². The molecule has 4 rings (SSSR count). The minimum absolute atomic E-state index is 0.0382. The molecule has 11 nitrogen and oxygen atoms in total. The maximum atomic E-state index is 11.7. The van der Waals surface area contributed by atoms with Gasteiger partial charge in [0.05, 0.1) is 11.3 Å². The molecular weight excluding hydrogens is 436 g/mol. The van der Waals surface area contributed by atoms with Gasteiger partial charge in [-0.3, -0.25) is 4.79 Å². The largest absolute Gasteiger partial charge is 0.456 e. The third-order valence-corrected chi connectivity index (χ3v) is 6.82. The molecule has 0 saturated carbocycles. The van der Waals surface area contributed by atoms with Gasteiger partial charge in [0.1, 0.15) is 12.9 Å². The van der Waals surface area contributed by atoms with Gasteiger partial charge in [0.15, 0.2) is 5.82 Å². The lowest BCUT2D eigenvalue weighted by atomic mass is 10.0. The lowest BCUT2D eigenvalue weighted by Gasteiger charge is -2.39. The highest BCUT2D eigenvalue weighted by Gasteiger charge is 2.30. The highest BCUT2D eigenvalue weighted by atomic mass is 16.5. The number of hydrogen-bond donors (Lipinski definition) is 0. The Hall–Kier alpha value is -3.18. The average Bonchev–Trinajstić information content (AvgIpc) is 3.50. The van der Waals surface area contributed by atoms with E-state index in [4.69, 9.17) is 4.74 Å². The van der Waals surface area contributed by atoms with E-state index in [-0.39, 0.29) is 18.6 Å². The minimum Gasteiger partial charge on any atom is -0.456 e. The van der Waals surface area contributed by atoms with Crippen LogP contribution in [0.2, 0.25) is 0 Å². The van der Waals surface area contributed by atoms with Gasteiger partial charge < -0.3 is 19.4 Å². The molecule has 34 heavy (non-hydrogen) atoms. The molecule has 4 heterocycles. The quantitative estimate of drug-likeness (QED) is 0.367. The van der Waals surface area contributed by atoms with Crippen LogP contribution in [0.5, 0.6) is 0 Å². The number of carbonyl (C=O) groups excluding carboxylic acids is 2. The number of likely N-dealkylation sites (tertiary alicyclic amines) is 1. The summed E-state index contributed by atoms with van der Waals surface area (Å²) in [6.07, 6.45) is 7.35. The summed E-state index contributed by atoms with van der Waals surface area (Å²) in [5.74, 6) is 0.368. The van der Waals surface area contributed by atoms with Gasteiger partial charge in [-0.05, 0) is 75.3 Å². The van der Waals surface area contributed by atoms with Gasteiger partial charge in [-0.25, -0.2) is 9.78 Å². The molecule has 0 spiro atoms. The third kappa shape index (κ3) is 5.48. The fourth-order valence-electron chi connectivity index (χ4n) is 4.66. The van der Waals surface area contributed by atoms with Crippen molar-refractivity contribution in [3.05, 3.63) is 41.5 Å². The van der Waals surface area contributed by atoms with Crippen molar-refractivity contribution in [3.8, 4) is 5.82 Å². The van der Waals surface area contributed by atoms with Gasteiger partial charge in [-0.1, -0.05) is 6.07 Å². The number of carbonyl (C=O) groups is 2. The summed E-state index contributed by atoms with van der Waals surface area (Å²) in [5, 5.41) is 11.1. The molecule has 1 atom stereocenters. The van der Waals surface area contributed by atoms with Crippen molar-refractivity contribution in [2.24, 2.45) is 0 Å². The maximum Gasteiger partial charge on any atom is 0.336 e. The number of esters is 1. The molecular formula is C23H32N8O3. The Kier molecular flexibility index (Phi) is 7.63. The lowest BCUT2D eigenvalue weighted by molar-refractivity contribution is -0.136. The molecule has 0 N–H and O–H groups in total. The fraction of sp³-hybridized carbons (Fsp3) is 0.565. The Labute approximate surface area is 199 Å². The number of likely N-dealkylation sites (N-methyl/N-ethyl adjacent to an activating group) is 1. The first-order valence-electron chi connectivity index (χ1n) is 11.7. The molecule has 0 aromatic carbocycles. The SMILES string of the molecule is CC1=C(N(C=O)C(C)CN(C)C2CCN(CCc3ccc(-n4cnnn4)nc3)CC2)COC1=O. The monoisotopic (exact) mass is 468 g/mol. The van der Waals surface area contributed by atoms with Crippen LogP contribution >= 0.6 is 0 Å². The number of cyclic esters (lactones) is 1. The Balaban J connectivity index is 1.22. The molecule has 2 aromatic rings. The zero-order chi connectivity index (χ0) is 24.1. The molecule has 1 fully saturated rings. The van der Waals surface area contributed by atoms with Gasteiger partial charge in [0, 0.05) is 31.4 Å². The molecule has 11 heteroatoms. The van der Waals surface area contributed by atoms with E-state index in [0.717, 1.165) is 51.9 Å². The van der Waals surface area contributed by atoms with E-state index in [9.17, 15) is 9.59 Å². The number of rotatable bonds is 10. The molecule has 182 valence electrons. The Morgan fingerprint density at radius 3 is 2.68 bits per heavy atom. The second-order valence-electron chi connectivity index (χ2n) is 9.05. The minimum atomic E-state index is -0.339. The number of aromatic nitrogens is 5. The standard InChI is InChI=1S/C23H32N8O3/c1-17(30(16-32)21-14-34-23(33)18(21)2)13-28(3)20-7-10-29(11-8-20)9-6-19-4-5-22(24-12-19)31-15-25-26-27-31/h4-5,12,15-17,20H,6-11,13-14H2,1-3H3. The first-order valence-corrected chi connectivity index (χ1v) is 11.7. The Morgan fingerprint density at radius 2 is 2.09 bits per heavy atom. The Bertz CT molecular complexity index is 1000. The topological polar surface area (TPSA) is 110 Å². The van der Waals surface area contributed by atoms with E-state index in [1.165, 1.54) is 11.9 Å². The summed E-state index contributed by atoms with van der Waals surface area (Å²) < 4.78 is 6.62. The van der Waals surface area contributed by atoms with Crippen LogP contribution in [0.3, 0.4) is 0 Å². The fourth-order valence-corrected chi connectivity index (χ4v) is 4.66. The molecule has 2 aliphatic heterocycles. The van der Waals surface area contributed by atoms with Crippen LogP contribution < -0.4 is 0 Å². The van der Waals surface area contributed by atoms with Gasteiger partial charge in [0.25, 0.3) is 0 Å². The molecule has 1 amide bonds. The predicted octanol–water partition coefficient (Wildman–Crippen LogP) is 0.674. The molecule has 1 unspecified atom stereocenters. The van der Waals surface area contributed by atoms with Gasteiger partial charge in [-0.15, -0.1) is 5.10 Å². The van der Waals surface area contributed by atoms with Crippen LogP contribution in [0.1, 0.15) is 32.3 Å².